The maximum absolute atomic E-state index is 12.6. The highest BCUT2D eigenvalue weighted by Crippen LogP contribution is 2.43. The molecule has 0 aromatic rings. The lowest BCUT2D eigenvalue weighted by Crippen LogP contribution is -2.34. The van der Waals surface area contributed by atoms with Crippen LogP contribution in [0.4, 0.5) is 0 Å². The minimum Gasteiger partial charge on any atom is -0.480 e. The number of unbranched alkanes of at least 4 members (excludes halogenated alkanes) is 17. The number of phosphoric acid groups is 1. The molecular weight excluding hydrogens is 721 g/mol. The van der Waals surface area contributed by atoms with Crippen LogP contribution in [0.1, 0.15) is 174 Å². The second kappa shape index (κ2) is 38.3. The van der Waals surface area contributed by atoms with Gasteiger partial charge in [0.2, 0.25) is 0 Å². The van der Waals surface area contributed by atoms with Crippen molar-refractivity contribution in [2.24, 2.45) is 5.73 Å². The molecule has 12 heteroatoms. The van der Waals surface area contributed by atoms with Crippen LogP contribution >= 0.6 is 7.82 Å². The molecule has 0 aliphatic carbocycles. The largest absolute Gasteiger partial charge is 0.480 e. The highest BCUT2D eigenvalue weighted by Gasteiger charge is 2.28. The second-order valence-corrected chi connectivity index (χ2v) is 15.6. The molecule has 55 heavy (non-hydrogen) atoms. The summed E-state index contributed by atoms with van der Waals surface area (Å²) in [5.74, 6) is -2.42. The van der Waals surface area contributed by atoms with Crippen LogP contribution in [0.3, 0.4) is 0 Å². The first-order valence-electron chi connectivity index (χ1n) is 21.2. The van der Waals surface area contributed by atoms with E-state index in [0.29, 0.717) is 12.8 Å². The molecule has 0 amide bonds. The number of carbonyl (C=O) groups is 3. The van der Waals surface area contributed by atoms with Crippen molar-refractivity contribution >= 4 is 25.7 Å². The van der Waals surface area contributed by atoms with Crippen LogP contribution < -0.4 is 5.73 Å². The SMILES string of the molecule is CCC/C=C/C/C=C/C/C=C/C/C=C/CCCCCC(=O)O[C@H](COC(=O)CCCCCCCCCCCCCCCC)COP(=O)(O)OC[C@H](N)C(=O)O. The van der Waals surface area contributed by atoms with Gasteiger partial charge in [-0.2, -0.15) is 0 Å². The Bertz CT molecular complexity index is 1120. The number of phosphoric ester groups is 1. The number of aliphatic carboxylic acids is 1. The molecule has 0 rings (SSSR count). The molecular formula is C43H76NO10P. The van der Waals surface area contributed by atoms with E-state index in [1.165, 1.54) is 70.6 Å². The van der Waals surface area contributed by atoms with E-state index in [0.717, 1.165) is 64.2 Å². The first-order valence-corrected chi connectivity index (χ1v) is 22.7. The fourth-order valence-corrected chi connectivity index (χ4v) is 6.25. The summed E-state index contributed by atoms with van der Waals surface area (Å²) in [6, 6.07) is -1.53. The number of carboxylic acids is 1. The van der Waals surface area contributed by atoms with Crippen molar-refractivity contribution < 1.29 is 47.5 Å². The number of nitrogens with two attached hydrogens (primary N) is 1. The van der Waals surface area contributed by atoms with Crippen molar-refractivity contribution in [3.05, 3.63) is 48.6 Å². The Morgan fingerprint density at radius 3 is 1.51 bits per heavy atom. The molecule has 0 saturated carbocycles. The molecule has 0 aromatic carbocycles. The Kier molecular flexibility index (Phi) is 36.5. The van der Waals surface area contributed by atoms with Gasteiger partial charge >= 0.3 is 25.7 Å². The van der Waals surface area contributed by atoms with E-state index in [2.05, 4.69) is 67.0 Å². The van der Waals surface area contributed by atoms with Crippen molar-refractivity contribution in [1.29, 1.82) is 0 Å². The Morgan fingerprint density at radius 2 is 1.00 bits per heavy atom. The van der Waals surface area contributed by atoms with Crippen molar-refractivity contribution in [3.63, 3.8) is 0 Å². The minimum atomic E-state index is -4.72. The molecule has 318 valence electrons. The van der Waals surface area contributed by atoms with Gasteiger partial charge in [-0.1, -0.05) is 159 Å². The number of esters is 2. The number of hydrogen-bond acceptors (Lipinski definition) is 9. The van der Waals surface area contributed by atoms with Gasteiger partial charge < -0.3 is 25.2 Å². The van der Waals surface area contributed by atoms with E-state index in [1.807, 2.05) is 0 Å². The van der Waals surface area contributed by atoms with Crippen LogP contribution in [0.15, 0.2) is 48.6 Å². The molecule has 0 bridgehead atoms. The average molecular weight is 798 g/mol. The monoisotopic (exact) mass is 798 g/mol. The molecule has 0 aliphatic heterocycles. The summed E-state index contributed by atoms with van der Waals surface area (Å²) in [4.78, 5) is 45.9. The van der Waals surface area contributed by atoms with Crippen LogP contribution in [-0.2, 0) is 37.5 Å². The zero-order valence-corrected chi connectivity index (χ0v) is 35.2. The van der Waals surface area contributed by atoms with Crippen LogP contribution in [0.2, 0.25) is 0 Å². The summed E-state index contributed by atoms with van der Waals surface area (Å²) in [5, 5.41) is 8.88. The number of hydrogen-bond donors (Lipinski definition) is 3. The topological polar surface area (TPSA) is 172 Å². The van der Waals surface area contributed by atoms with Crippen molar-refractivity contribution in [2.45, 2.75) is 187 Å². The zero-order chi connectivity index (χ0) is 40.7. The van der Waals surface area contributed by atoms with Crippen molar-refractivity contribution in [3.8, 4) is 0 Å². The van der Waals surface area contributed by atoms with Gasteiger partial charge in [-0.3, -0.25) is 23.4 Å². The molecule has 11 nitrogen and oxygen atoms in total. The molecule has 0 fully saturated rings. The molecule has 3 atom stereocenters. The van der Waals surface area contributed by atoms with Gasteiger partial charge in [0.1, 0.15) is 12.6 Å². The number of carboxylic acid groups (broad SMARTS) is 1. The molecule has 0 aromatic heterocycles. The predicted octanol–water partition coefficient (Wildman–Crippen LogP) is 11.0. The van der Waals surface area contributed by atoms with Crippen LogP contribution in [-0.4, -0.2) is 59.9 Å². The third-order valence-electron chi connectivity index (χ3n) is 8.81. The highest BCUT2D eigenvalue weighted by atomic mass is 31.2. The molecule has 0 heterocycles. The number of rotatable bonds is 39. The van der Waals surface area contributed by atoms with E-state index in [4.69, 9.17) is 24.8 Å². The van der Waals surface area contributed by atoms with Gasteiger partial charge in [0.05, 0.1) is 13.2 Å². The van der Waals surface area contributed by atoms with Gasteiger partial charge in [0.25, 0.3) is 0 Å². The fourth-order valence-electron chi connectivity index (χ4n) is 5.47. The normalized spacial score (nSPS) is 14.3. The Morgan fingerprint density at radius 1 is 0.564 bits per heavy atom. The summed E-state index contributed by atoms with van der Waals surface area (Å²) >= 11 is 0. The van der Waals surface area contributed by atoms with Crippen molar-refractivity contribution in [1.82, 2.24) is 0 Å². The number of ether oxygens (including phenoxy) is 2. The van der Waals surface area contributed by atoms with Crippen LogP contribution in [0, 0.1) is 0 Å². The van der Waals surface area contributed by atoms with Crippen LogP contribution in [0.5, 0.6) is 0 Å². The van der Waals surface area contributed by atoms with E-state index in [9.17, 15) is 23.8 Å². The quantitative estimate of drug-likeness (QED) is 0.0234. The molecule has 0 aliphatic rings. The van der Waals surface area contributed by atoms with Gasteiger partial charge in [-0.25, -0.2) is 4.57 Å². The van der Waals surface area contributed by atoms with E-state index < -0.39 is 51.1 Å². The zero-order valence-electron chi connectivity index (χ0n) is 34.3. The third-order valence-corrected chi connectivity index (χ3v) is 9.76. The summed E-state index contributed by atoms with van der Waals surface area (Å²) in [5.41, 5.74) is 5.33. The summed E-state index contributed by atoms with van der Waals surface area (Å²) in [7, 11) is -4.72. The molecule has 4 N–H and O–H groups in total. The minimum absolute atomic E-state index is 0.124. The van der Waals surface area contributed by atoms with Gasteiger partial charge in [0.15, 0.2) is 6.10 Å². The second-order valence-electron chi connectivity index (χ2n) is 14.1. The maximum Gasteiger partial charge on any atom is 0.472 e. The summed E-state index contributed by atoms with van der Waals surface area (Å²) in [6.45, 7) is 2.70. The first-order chi connectivity index (χ1) is 26.6. The smallest absolute Gasteiger partial charge is 0.472 e. The van der Waals surface area contributed by atoms with Crippen molar-refractivity contribution in [2.75, 3.05) is 19.8 Å². The summed E-state index contributed by atoms with van der Waals surface area (Å²) in [6.07, 6.45) is 41.7. The number of allylic oxidation sites excluding steroid dienone is 8. The molecule has 1 unspecified atom stereocenters. The average Bonchev–Trinajstić information content (AvgIpc) is 3.16. The van der Waals surface area contributed by atoms with Gasteiger partial charge in [0, 0.05) is 12.8 Å². The van der Waals surface area contributed by atoms with E-state index in [-0.39, 0.29) is 19.4 Å². The predicted molar refractivity (Wildman–Crippen MR) is 222 cm³/mol. The Hall–Kier alpha value is -2.56. The lowest BCUT2D eigenvalue weighted by atomic mass is 10.0. The summed E-state index contributed by atoms with van der Waals surface area (Å²) < 4.78 is 32.6. The van der Waals surface area contributed by atoms with Gasteiger partial charge in [-0.15, -0.1) is 0 Å². The Balaban J connectivity index is 4.45. The maximum atomic E-state index is 12.6. The van der Waals surface area contributed by atoms with Crippen LogP contribution in [0.25, 0.3) is 0 Å². The number of carbonyl (C=O) groups excluding carboxylic acids is 2. The molecule has 0 radical (unpaired) electrons. The molecule has 0 saturated heterocycles. The lowest BCUT2D eigenvalue weighted by Gasteiger charge is -2.20. The Labute approximate surface area is 333 Å². The standard InChI is InChI=1S/C43H76NO10P/c1-3-5-7-9-11-13-15-17-19-20-21-23-25-27-29-31-33-35-42(46)54-39(37-52-55(49,50)53-38-40(44)43(47)48)36-51-41(45)34-32-30-28-26-24-22-18-16-14-12-10-8-6-4-2/h7,9,13,15,19-20,23,25,39-40H,3-6,8,10-12,14,16-18,21-22,24,26-38,44H2,1-2H3,(H,47,48)(H,49,50)/b9-7+,15-13+,20-19+,25-23+/t39-,40+/m1/s1. The third kappa shape index (κ3) is 38.1. The lowest BCUT2D eigenvalue weighted by molar-refractivity contribution is -0.161. The van der Waals surface area contributed by atoms with Gasteiger partial charge in [-0.05, 0) is 51.4 Å². The molecule has 0 spiro atoms. The fraction of sp³-hybridized carbons (Fsp3) is 0.744. The highest BCUT2D eigenvalue weighted by molar-refractivity contribution is 7.47. The van der Waals surface area contributed by atoms with E-state index in [1.54, 1.807) is 0 Å². The first kappa shape index (κ1) is 52.4. The van der Waals surface area contributed by atoms with E-state index >= 15 is 0 Å².